The van der Waals surface area contributed by atoms with Crippen LogP contribution in [-0.4, -0.2) is 29.7 Å². The lowest BCUT2D eigenvalue weighted by Crippen LogP contribution is -2.28. The maximum absolute atomic E-state index is 13.3. The van der Waals surface area contributed by atoms with Gasteiger partial charge in [0.1, 0.15) is 41.1 Å². The molecule has 3 aromatic heterocycles. The van der Waals surface area contributed by atoms with Crippen LogP contribution in [0.1, 0.15) is 30.0 Å². The van der Waals surface area contributed by atoms with E-state index in [9.17, 15) is 23.2 Å². The lowest BCUT2D eigenvalue weighted by atomic mass is 10.2. The van der Waals surface area contributed by atoms with Crippen molar-refractivity contribution in [3.05, 3.63) is 63.1 Å². The van der Waals surface area contributed by atoms with Crippen molar-refractivity contribution in [3.63, 3.8) is 0 Å². The predicted molar refractivity (Wildman–Crippen MR) is 113 cm³/mol. The Hall–Kier alpha value is -4.18. The van der Waals surface area contributed by atoms with E-state index in [1.165, 1.54) is 12.1 Å². The van der Waals surface area contributed by atoms with Gasteiger partial charge in [-0.2, -0.15) is 23.5 Å². The number of nitrogens with zero attached hydrogens (tertiary/aromatic N) is 6. The second kappa shape index (κ2) is 8.06. The number of nitrogens with one attached hydrogen (secondary N) is 2. The fourth-order valence-electron chi connectivity index (χ4n) is 3.18. The van der Waals surface area contributed by atoms with Gasteiger partial charge in [-0.15, -0.1) is 0 Å². The molecule has 1 unspecified atom stereocenters. The quantitative estimate of drug-likeness (QED) is 0.407. The topological polar surface area (TPSA) is 151 Å². The van der Waals surface area contributed by atoms with Crippen molar-refractivity contribution in [2.45, 2.75) is 19.1 Å². The van der Waals surface area contributed by atoms with E-state index in [1.54, 1.807) is 13.0 Å². The number of hydrogen-bond acceptors (Lipinski definition) is 8. The van der Waals surface area contributed by atoms with Gasteiger partial charge in [0.2, 0.25) is 0 Å². The van der Waals surface area contributed by atoms with Crippen LogP contribution < -0.4 is 16.6 Å². The van der Waals surface area contributed by atoms with Crippen molar-refractivity contribution in [2.75, 3.05) is 11.1 Å². The number of benzene rings is 1. The van der Waals surface area contributed by atoms with Gasteiger partial charge in [0.15, 0.2) is 5.82 Å². The van der Waals surface area contributed by atoms with Crippen LogP contribution in [0.3, 0.4) is 0 Å². The average molecular weight is 476 g/mol. The monoisotopic (exact) mass is 475 g/mol. The van der Waals surface area contributed by atoms with Crippen LogP contribution in [0, 0.1) is 11.3 Å². The first kappa shape index (κ1) is 22.0. The zero-order valence-electron chi connectivity index (χ0n) is 16.6. The summed E-state index contributed by atoms with van der Waals surface area (Å²) in [7, 11) is 0. The van der Waals surface area contributed by atoms with Gasteiger partial charge in [-0.3, -0.25) is 9.89 Å². The van der Waals surface area contributed by atoms with E-state index >= 15 is 0 Å². The number of nitrogen functional groups attached to an aromatic ring is 1. The molecule has 0 aliphatic carbocycles. The number of nitrogens with two attached hydrogens (primary N) is 1. The van der Waals surface area contributed by atoms with E-state index in [0.717, 1.165) is 10.9 Å². The minimum absolute atomic E-state index is 0.00364. The van der Waals surface area contributed by atoms with Crippen molar-refractivity contribution in [2.24, 2.45) is 0 Å². The Morgan fingerprint density at radius 2 is 2.09 bits per heavy atom. The number of halogens is 4. The summed E-state index contributed by atoms with van der Waals surface area (Å²) < 4.78 is 40.3. The summed E-state index contributed by atoms with van der Waals surface area (Å²) >= 11 is 6.17. The molecule has 0 saturated heterocycles. The number of nitriles is 1. The van der Waals surface area contributed by atoms with Crippen molar-refractivity contribution in [1.82, 2.24) is 29.7 Å². The number of aromatic amines is 1. The molecule has 14 heteroatoms. The van der Waals surface area contributed by atoms with E-state index < -0.39 is 23.5 Å². The minimum atomic E-state index is -4.71. The minimum Gasteiger partial charge on any atom is -0.382 e. The summed E-state index contributed by atoms with van der Waals surface area (Å²) in [6.07, 6.45) is -3.57. The van der Waals surface area contributed by atoms with E-state index in [1.807, 2.05) is 11.2 Å². The molecule has 1 atom stereocenters. The Balaban J connectivity index is 1.93. The van der Waals surface area contributed by atoms with Crippen LogP contribution in [0.2, 0.25) is 5.02 Å². The van der Waals surface area contributed by atoms with Crippen LogP contribution in [-0.2, 0) is 6.18 Å². The van der Waals surface area contributed by atoms with Gasteiger partial charge in [0.25, 0.3) is 5.56 Å². The lowest BCUT2D eigenvalue weighted by molar-refractivity contribution is -0.141. The van der Waals surface area contributed by atoms with E-state index in [2.05, 4.69) is 25.4 Å². The number of H-pyrrole nitrogens is 1. The average Bonchev–Trinajstić information content (AvgIpc) is 3.24. The van der Waals surface area contributed by atoms with Gasteiger partial charge >= 0.3 is 6.18 Å². The van der Waals surface area contributed by atoms with Gasteiger partial charge in [-0.05, 0) is 19.1 Å². The van der Waals surface area contributed by atoms with Gasteiger partial charge in [0.05, 0.1) is 22.0 Å². The molecule has 10 nitrogen and oxygen atoms in total. The molecule has 0 saturated carbocycles. The highest BCUT2D eigenvalue weighted by Crippen LogP contribution is 2.30. The highest BCUT2D eigenvalue weighted by atomic mass is 35.5. The van der Waals surface area contributed by atoms with Gasteiger partial charge in [-0.25, -0.2) is 19.5 Å². The first-order valence-electron chi connectivity index (χ1n) is 9.23. The second-order valence-electron chi connectivity index (χ2n) is 6.84. The van der Waals surface area contributed by atoms with E-state index in [4.69, 9.17) is 17.3 Å². The Bertz CT molecular complexity index is 1470. The fourth-order valence-corrected chi connectivity index (χ4v) is 3.43. The lowest BCUT2D eigenvalue weighted by Gasteiger charge is -2.19. The first-order valence-corrected chi connectivity index (χ1v) is 9.61. The number of aromatic nitrogens is 6. The maximum atomic E-state index is 13.3. The van der Waals surface area contributed by atoms with Crippen molar-refractivity contribution < 1.29 is 13.2 Å². The third-order valence-electron chi connectivity index (χ3n) is 4.70. The fraction of sp³-hybridized carbons (Fsp3) is 0.158. The van der Waals surface area contributed by atoms with Gasteiger partial charge in [-0.1, -0.05) is 17.7 Å². The number of hydrogen-bond donors (Lipinski definition) is 3. The Morgan fingerprint density at radius 3 is 2.76 bits per heavy atom. The normalized spacial score (nSPS) is 12.5. The SMILES string of the molecule is CC(Nc1ncnc(N)c1C#N)c1nc2cccc(Cl)c2c(=O)n1-c1cc(C(F)(F)F)[nH]n1. The molecule has 0 amide bonds. The standard InChI is InChI=1S/C19H13ClF3N9O/c1-8(28-16-9(6-24)15(25)26-7-27-16)17-29-11-4-2-3-10(20)14(11)18(33)32(17)13-5-12(30-31-13)19(21,22)23/h2-5,7-8H,1H3,(H,30,31)(H3,25,26,27,28). The van der Waals surface area contributed by atoms with Crippen LogP contribution in [0.15, 0.2) is 35.4 Å². The Kier molecular flexibility index (Phi) is 5.38. The van der Waals surface area contributed by atoms with E-state index in [-0.39, 0.29) is 44.8 Å². The van der Waals surface area contributed by atoms with Crippen LogP contribution in [0.5, 0.6) is 0 Å². The van der Waals surface area contributed by atoms with Crippen LogP contribution in [0.25, 0.3) is 16.7 Å². The van der Waals surface area contributed by atoms with Gasteiger partial charge in [0, 0.05) is 6.07 Å². The summed E-state index contributed by atoms with van der Waals surface area (Å²) in [6, 6.07) is 6.31. The van der Waals surface area contributed by atoms with E-state index in [0.29, 0.717) is 6.07 Å². The van der Waals surface area contributed by atoms with Crippen molar-refractivity contribution in [1.29, 1.82) is 5.26 Å². The first-order chi connectivity index (χ1) is 15.6. The van der Waals surface area contributed by atoms with Gasteiger partial charge < -0.3 is 11.1 Å². The summed E-state index contributed by atoms with van der Waals surface area (Å²) in [5, 5.41) is 17.9. The largest absolute Gasteiger partial charge is 0.432 e. The molecule has 0 aliphatic rings. The molecule has 3 heterocycles. The molecule has 0 bridgehead atoms. The summed E-state index contributed by atoms with van der Waals surface area (Å²) in [5.74, 6) is -0.355. The maximum Gasteiger partial charge on any atom is 0.432 e. The number of fused-ring (bicyclic) bond motifs is 1. The Labute approximate surface area is 187 Å². The van der Waals surface area contributed by atoms with Crippen LogP contribution in [0.4, 0.5) is 24.8 Å². The molecule has 0 fully saturated rings. The van der Waals surface area contributed by atoms with Crippen molar-refractivity contribution >= 4 is 34.1 Å². The Morgan fingerprint density at radius 1 is 1.33 bits per heavy atom. The third-order valence-corrected chi connectivity index (χ3v) is 5.02. The third kappa shape index (κ3) is 3.92. The van der Waals surface area contributed by atoms with Crippen LogP contribution >= 0.6 is 11.6 Å². The molecule has 0 aliphatic heterocycles. The molecular formula is C19H13ClF3N9O. The molecule has 4 rings (SSSR count). The molecule has 1 aromatic carbocycles. The predicted octanol–water partition coefficient (Wildman–Crippen LogP) is 3.20. The highest BCUT2D eigenvalue weighted by molar-refractivity contribution is 6.35. The second-order valence-corrected chi connectivity index (χ2v) is 7.25. The summed E-state index contributed by atoms with van der Waals surface area (Å²) in [5.41, 5.74) is 4.02. The molecule has 0 spiro atoms. The summed E-state index contributed by atoms with van der Waals surface area (Å²) in [4.78, 5) is 25.5. The number of alkyl halides is 3. The zero-order chi connectivity index (χ0) is 23.9. The zero-order valence-corrected chi connectivity index (χ0v) is 17.4. The molecule has 4 N–H and O–H groups in total. The molecule has 4 aromatic rings. The molecule has 33 heavy (non-hydrogen) atoms. The summed E-state index contributed by atoms with van der Waals surface area (Å²) in [6.45, 7) is 1.57. The molecule has 168 valence electrons. The molecule has 0 radical (unpaired) electrons. The smallest absolute Gasteiger partial charge is 0.382 e. The highest BCUT2D eigenvalue weighted by Gasteiger charge is 2.34. The number of rotatable bonds is 4. The number of anilines is 2. The molecular weight excluding hydrogens is 463 g/mol. The van der Waals surface area contributed by atoms with Crippen molar-refractivity contribution in [3.8, 4) is 11.9 Å².